The van der Waals surface area contributed by atoms with Gasteiger partial charge >= 0.3 is 0 Å². The van der Waals surface area contributed by atoms with Crippen molar-refractivity contribution < 1.29 is 0 Å². The molecule has 0 aromatic heterocycles. The highest BCUT2D eigenvalue weighted by Crippen LogP contribution is 2.39. The van der Waals surface area contributed by atoms with Crippen molar-refractivity contribution in [3.63, 3.8) is 0 Å². The Balaban J connectivity index is 0.000000574. The molecule has 0 fully saturated rings. The van der Waals surface area contributed by atoms with Crippen LogP contribution in [-0.4, -0.2) is 0 Å². The van der Waals surface area contributed by atoms with Crippen molar-refractivity contribution in [2.45, 2.75) is 37.3 Å². The summed E-state index contributed by atoms with van der Waals surface area (Å²) in [6, 6.07) is 17.6. The van der Waals surface area contributed by atoms with E-state index in [-0.39, 0.29) is 0 Å². The Morgan fingerprint density at radius 1 is 0.889 bits per heavy atom. The fraction of sp³-hybridized carbons (Fsp3) is 0.294. The van der Waals surface area contributed by atoms with Crippen molar-refractivity contribution in [2.24, 2.45) is 0 Å². The van der Waals surface area contributed by atoms with Gasteiger partial charge in [-0.15, -0.1) is 11.8 Å². The van der Waals surface area contributed by atoms with E-state index in [0.717, 1.165) is 5.75 Å². The maximum Gasteiger partial charge on any atom is 0.0235 e. The maximum atomic E-state index is 2.31. The van der Waals surface area contributed by atoms with Gasteiger partial charge in [0.25, 0.3) is 0 Å². The third-order valence-electron chi connectivity index (χ3n) is 3.29. The fourth-order valence-electron chi connectivity index (χ4n) is 2.38. The number of thioether (sulfide) groups is 1. The van der Waals surface area contributed by atoms with Crippen LogP contribution in [-0.2, 0) is 5.75 Å². The zero-order valence-corrected chi connectivity index (χ0v) is 12.1. The molecule has 1 atom stereocenters. The lowest BCUT2D eigenvalue weighted by atomic mass is 9.90. The largest absolute Gasteiger partial charge is 0.121 e. The Kier molecular flexibility index (Phi) is 4.48. The first-order chi connectivity index (χ1) is 8.86. The highest BCUT2D eigenvalue weighted by Gasteiger charge is 2.19. The molecule has 0 nitrogen and oxygen atoms in total. The lowest BCUT2D eigenvalue weighted by Gasteiger charge is -2.14. The van der Waals surface area contributed by atoms with Crippen LogP contribution in [0.3, 0.4) is 0 Å². The van der Waals surface area contributed by atoms with E-state index >= 15 is 0 Å². The van der Waals surface area contributed by atoms with E-state index < -0.39 is 0 Å². The molecule has 1 heterocycles. The lowest BCUT2D eigenvalue weighted by molar-refractivity contribution is 0.890. The summed E-state index contributed by atoms with van der Waals surface area (Å²) in [5.74, 6) is 1.61. The monoisotopic (exact) mass is 256 g/mol. The van der Waals surface area contributed by atoms with Crippen LogP contribution in [0.5, 0.6) is 0 Å². The minimum Gasteiger partial charge on any atom is -0.121 e. The van der Waals surface area contributed by atoms with Gasteiger partial charge in [-0.3, -0.25) is 0 Å². The molecule has 0 bridgehead atoms. The molecule has 0 spiro atoms. The molecule has 1 aliphatic rings. The van der Waals surface area contributed by atoms with E-state index in [9.17, 15) is 0 Å². The van der Waals surface area contributed by atoms with Crippen LogP contribution in [0, 0.1) is 0 Å². The molecule has 3 rings (SSSR count). The molecule has 1 heteroatoms. The SMILES string of the molecule is CC.CC1c2ccccc2CSc2ccccc21. The molecular weight excluding hydrogens is 236 g/mol. The van der Waals surface area contributed by atoms with Gasteiger partial charge in [0.2, 0.25) is 0 Å². The molecular formula is C17H20S. The van der Waals surface area contributed by atoms with Crippen LogP contribution in [0.2, 0.25) is 0 Å². The Bertz CT molecular complexity index is 469. The topological polar surface area (TPSA) is 0 Å². The van der Waals surface area contributed by atoms with Crippen molar-refractivity contribution in [3.05, 3.63) is 65.2 Å². The van der Waals surface area contributed by atoms with Crippen LogP contribution in [0.15, 0.2) is 53.4 Å². The highest BCUT2D eigenvalue weighted by molar-refractivity contribution is 7.98. The molecule has 2 aromatic rings. The summed E-state index contributed by atoms with van der Waals surface area (Å²) in [6.45, 7) is 6.31. The van der Waals surface area contributed by atoms with E-state index in [1.54, 1.807) is 0 Å². The zero-order valence-electron chi connectivity index (χ0n) is 11.3. The van der Waals surface area contributed by atoms with Crippen molar-refractivity contribution in [1.82, 2.24) is 0 Å². The number of benzene rings is 2. The van der Waals surface area contributed by atoms with Crippen LogP contribution >= 0.6 is 11.8 Å². The first kappa shape index (κ1) is 13.2. The second-order valence-electron chi connectivity index (χ2n) is 4.25. The van der Waals surface area contributed by atoms with Gasteiger partial charge in [0.15, 0.2) is 0 Å². The molecule has 0 aliphatic carbocycles. The molecule has 2 aromatic carbocycles. The molecule has 94 valence electrons. The van der Waals surface area contributed by atoms with Gasteiger partial charge in [-0.05, 0) is 22.8 Å². The van der Waals surface area contributed by atoms with Crippen molar-refractivity contribution >= 4 is 11.8 Å². The van der Waals surface area contributed by atoms with Gasteiger partial charge in [0.1, 0.15) is 0 Å². The summed E-state index contributed by atoms with van der Waals surface area (Å²) < 4.78 is 0. The summed E-state index contributed by atoms with van der Waals surface area (Å²) in [5, 5.41) is 0. The van der Waals surface area contributed by atoms with Gasteiger partial charge in [-0.2, -0.15) is 0 Å². The average molecular weight is 256 g/mol. The summed E-state index contributed by atoms with van der Waals surface area (Å²) in [4.78, 5) is 1.44. The van der Waals surface area contributed by atoms with Crippen molar-refractivity contribution in [2.75, 3.05) is 0 Å². The quantitative estimate of drug-likeness (QED) is 0.602. The van der Waals surface area contributed by atoms with Gasteiger partial charge in [0.05, 0.1) is 0 Å². The zero-order chi connectivity index (χ0) is 13.0. The minimum atomic E-state index is 0.516. The van der Waals surface area contributed by atoms with Gasteiger partial charge in [-0.25, -0.2) is 0 Å². The summed E-state index contributed by atoms with van der Waals surface area (Å²) >= 11 is 1.96. The third kappa shape index (κ3) is 2.46. The van der Waals surface area contributed by atoms with Crippen LogP contribution < -0.4 is 0 Å². The maximum absolute atomic E-state index is 2.31. The standard InChI is InChI=1S/C15H14S.C2H6/c1-11-13-7-3-2-6-12(13)10-16-15-9-5-4-8-14(11)15;1-2/h2-9,11H,10H2,1H3;1-2H3. The number of rotatable bonds is 0. The first-order valence-corrected chi connectivity index (χ1v) is 7.64. The second kappa shape index (κ2) is 6.10. The minimum absolute atomic E-state index is 0.516. The number of fused-ring (bicyclic) bond motifs is 2. The summed E-state index contributed by atoms with van der Waals surface area (Å²) in [5.41, 5.74) is 4.44. The Morgan fingerprint density at radius 3 is 2.28 bits per heavy atom. The van der Waals surface area contributed by atoms with Crippen LogP contribution in [0.4, 0.5) is 0 Å². The van der Waals surface area contributed by atoms with E-state index in [1.165, 1.54) is 21.6 Å². The Morgan fingerprint density at radius 2 is 1.50 bits per heavy atom. The molecule has 0 N–H and O–H groups in total. The van der Waals surface area contributed by atoms with E-state index in [0.29, 0.717) is 5.92 Å². The second-order valence-corrected chi connectivity index (χ2v) is 5.26. The lowest BCUT2D eigenvalue weighted by Crippen LogP contribution is -1.98. The smallest absolute Gasteiger partial charge is 0.0235 e. The van der Waals surface area contributed by atoms with Crippen molar-refractivity contribution in [3.8, 4) is 0 Å². The first-order valence-electron chi connectivity index (χ1n) is 6.66. The van der Waals surface area contributed by atoms with Crippen LogP contribution in [0.1, 0.15) is 43.4 Å². The van der Waals surface area contributed by atoms with Crippen molar-refractivity contribution in [1.29, 1.82) is 0 Å². The van der Waals surface area contributed by atoms with E-state index in [4.69, 9.17) is 0 Å². The van der Waals surface area contributed by atoms with Gasteiger partial charge in [0, 0.05) is 16.6 Å². The number of hydrogen-bond acceptors (Lipinski definition) is 1. The van der Waals surface area contributed by atoms with E-state index in [1.807, 2.05) is 25.6 Å². The summed E-state index contributed by atoms with van der Waals surface area (Å²) in [7, 11) is 0. The normalized spacial score (nSPS) is 16.7. The van der Waals surface area contributed by atoms with E-state index in [2.05, 4.69) is 55.5 Å². The number of hydrogen-bond donors (Lipinski definition) is 0. The fourth-order valence-corrected chi connectivity index (χ4v) is 3.54. The Hall–Kier alpha value is -1.21. The molecule has 0 saturated heterocycles. The molecule has 0 saturated carbocycles. The predicted octanol–water partition coefficient (Wildman–Crippen LogP) is 5.47. The molecule has 1 unspecified atom stereocenters. The molecule has 0 radical (unpaired) electrons. The molecule has 0 amide bonds. The molecule has 1 aliphatic heterocycles. The van der Waals surface area contributed by atoms with Gasteiger partial charge in [-0.1, -0.05) is 63.2 Å². The Labute approximate surface area is 114 Å². The third-order valence-corrected chi connectivity index (χ3v) is 4.43. The summed E-state index contributed by atoms with van der Waals surface area (Å²) in [6.07, 6.45) is 0. The highest BCUT2D eigenvalue weighted by atomic mass is 32.2. The average Bonchev–Trinajstić information content (AvgIpc) is 2.60. The predicted molar refractivity (Wildman–Crippen MR) is 81.3 cm³/mol. The molecule has 18 heavy (non-hydrogen) atoms. The van der Waals surface area contributed by atoms with Crippen LogP contribution in [0.25, 0.3) is 0 Å². The van der Waals surface area contributed by atoms with Gasteiger partial charge < -0.3 is 0 Å².